The quantitative estimate of drug-likeness (QED) is 0.837. The summed E-state index contributed by atoms with van der Waals surface area (Å²) >= 11 is 3.22. The van der Waals surface area contributed by atoms with Crippen LogP contribution in [-0.2, 0) is 11.3 Å². The van der Waals surface area contributed by atoms with Crippen LogP contribution >= 0.6 is 15.9 Å². The molecule has 0 aliphatic carbocycles. The summed E-state index contributed by atoms with van der Waals surface area (Å²) in [4.78, 5) is 0. The molecule has 2 aromatic carbocycles. The molecule has 4 heteroatoms. The van der Waals surface area contributed by atoms with Crippen molar-refractivity contribution in [3.63, 3.8) is 0 Å². The van der Waals surface area contributed by atoms with Gasteiger partial charge in [0.1, 0.15) is 5.82 Å². The number of methoxy groups -OCH3 is 1. The van der Waals surface area contributed by atoms with E-state index < -0.39 is 0 Å². The second-order valence-corrected chi connectivity index (χ2v) is 5.48. The van der Waals surface area contributed by atoms with Gasteiger partial charge >= 0.3 is 0 Å². The van der Waals surface area contributed by atoms with E-state index in [0.717, 1.165) is 16.8 Å². The minimum Gasteiger partial charge on any atom is -0.380 e. The molecule has 0 bridgehead atoms. The van der Waals surface area contributed by atoms with Crippen molar-refractivity contribution < 1.29 is 9.13 Å². The lowest BCUT2D eigenvalue weighted by Gasteiger charge is -2.18. The molecule has 0 radical (unpaired) electrons. The van der Waals surface area contributed by atoms with Crippen LogP contribution in [0.2, 0.25) is 0 Å². The van der Waals surface area contributed by atoms with E-state index in [0.29, 0.717) is 11.1 Å². The molecule has 0 spiro atoms. The van der Waals surface area contributed by atoms with Crippen molar-refractivity contribution in [2.45, 2.75) is 19.6 Å². The number of nitrogens with one attached hydrogen (secondary N) is 1. The van der Waals surface area contributed by atoms with Crippen LogP contribution in [0.5, 0.6) is 0 Å². The Kier molecular flexibility index (Phi) is 5.15. The summed E-state index contributed by atoms with van der Waals surface area (Å²) < 4.78 is 18.9. The van der Waals surface area contributed by atoms with Gasteiger partial charge in [-0.05, 0) is 46.6 Å². The predicted octanol–water partition coefficient (Wildman–Crippen LogP) is 4.91. The fourth-order valence-electron chi connectivity index (χ4n) is 2.04. The number of hydrogen-bond donors (Lipinski definition) is 1. The molecule has 20 heavy (non-hydrogen) atoms. The molecule has 0 aromatic heterocycles. The van der Waals surface area contributed by atoms with E-state index in [9.17, 15) is 4.39 Å². The molecule has 106 valence electrons. The average molecular weight is 338 g/mol. The van der Waals surface area contributed by atoms with Gasteiger partial charge < -0.3 is 10.1 Å². The Morgan fingerprint density at radius 1 is 1.25 bits per heavy atom. The lowest BCUT2D eigenvalue weighted by molar-refractivity contribution is 0.185. The monoisotopic (exact) mass is 337 g/mol. The molecule has 1 atom stereocenters. The minimum absolute atomic E-state index is 0.0740. The zero-order chi connectivity index (χ0) is 14.5. The van der Waals surface area contributed by atoms with Gasteiger partial charge in [0.15, 0.2) is 0 Å². The number of halogens is 2. The fourth-order valence-corrected chi connectivity index (χ4v) is 2.44. The van der Waals surface area contributed by atoms with Gasteiger partial charge in [-0.25, -0.2) is 4.39 Å². The number of hydrogen-bond acceptors (Lipinski definition) is 2. The summed E-state index contributed by atoms with van der Waals surface area (Å²) in [5.41, 5.74) is 3.15. The van der Waals surface area contributed by atoms with E-state index in [1.165, 1.54) is 6.07 Å². The van der Waals surface area contributed by atoms with Gasteiger partial charge in [-0.3, -0.25) is 0 Å². The maximum Gasteiger partial charge on any atom is 0.137 e. The van der Waals surface area contributed by atoms with Crippen LogP contribution in [0.3, 0.4) is 0 Å². The molecule has 0 saturated carbocycles. The third kappa shape index (κ3) is 3.58. The van der Waals surface area contributed by atoms with Crippen molar-refractivity contribution in [1.82, 2.24) is 0 Å². The van der Waals surface area contributed by atoms with E-state index >= 15 is 0 Å². The highest BCUT2D eigenvalue weighted by atomic mass is 79.9. The van der Waals surface area contributed by atoms with Gasteiger partial charge in [0, 0.05) is 24.4 Å². The fraction of sp³-hybridized carbons (Fsp3) is 0.250. The third-order valence-electron chi connectivity index (χ3n) is 3.13. The van der Waals surface area contributed by atoms with E-state index in [1.54, 1.807) is 19.2 Å². The molecule has 0 aliphatic heterocycles. The largest absolute Gasteiger partial charge is 0.380 e. The van der Waals surface area contributed by atoms with Crippen LogP contribution < -0.4 is 5.32 Å². The molecule has 0 saturated heterocycles. The van der Waals surface area contributed by atoms with Crippen LogP contribution in [0, 0.1) is 5.82 Å². The minimum atomic E-state index is -0.249. The Labute approximate surface area is 127 Å². The summed E-state index contributed by atoms with van der Waals surface area (Å²) in [5, 5.41) is 3.43. The van der Waals surface area contributed by atoms with Gasteiger partial charge in [-0.1, -0.05) is 24.3 Å². The van der Waals surface area contributed by atoms with E-state index in [1.807, 2.05) is 31.2 Å². The first kappa shape index (κ1) is 15.0. The molecule has 2 rings (SSSR count). The van der Waals surface area contributed by atoms with Gasteiger partial charge in [-0.2, -0.15) is 0 Å². The SMILES string of the molecule is COCc1ccccc1NC(C)c1ccc(F)c(Br)c1. The van der Waals surface area contributed by atoms with Crippen LogP contribution in [0.15, 0.2) is 46.9 Å². The van der Waals surface area contributed by atoms with Crippen molar-refractivity contribution in [3.8, 4) is 0 Å². The Morgan fingerprint density at radius 2 is 2.00 bits per heavy atom. The molecule has 2 nitrogen and oxygen atoms in total. The summed E-state index contributed by atoms with van der Waals surface area (Å²) in [5.74, 6) is -0.249. The molecule has 0 fully saturated rings. The van der Waals surface area contributed by atoms with Gasteiger partial charge in [-0.15, -0.1) is 0 Å². The number of para-hydroxylation sites is 1. The Hall–Kier alpha value is -1.39. The van der Waals surface area contributed by atoms with Crippen LogP contribution in [0.25, 0.3) is 0 Å². The van der Waals surface area contributed by atoms with Gasteiger partial charge in [0.05, 0.1) is 11.1 Å². The number of benzene rings is 2. The first-order valence-electron chi connectivity index (χ1n) is 6.40. The third-order valence-corrected chi connectivity index (χ3v) is 3.74. The number of anilines is 1. The van der Waals surface area contributed by atoms with Gasteiger partial charge in [0.2, 0.25) is 0 Å². The van der Waals surface area contributed by atoms with E-state index in [2.05, 4.69) is 21.2 Å². The zero-order valence-corrected chi connectivity index (χ0v) is 13.1. The second-order valence-electron chi connectivity index (χ2n) is 4.63. The molecule has 0 amide bonds. The standard InChI is InChI=1S/C16H17BrFNO/c1-11(12-7-8-15(18)14(17)9-12)19-16-6-4-3-5-13(16)10-20-2/h3-9,11,19H,10H2,1-2H3. The average Bonchev–Trinajstić information content (AvgIpc) is 2.44. The Morgan fingerprint density at radius 3 is 2.70 bits per heavy atom. The van der Waals surface area contributed by atoms with Crippen molar-refractivity contribution in [2.75, 3.05) is 12.4 Å². The molecule has 0 heterocycles. The first-order valence-corrected chi connectivity index (χ1v) is 7.19. The number of ether oxygens (including phenoxy) is 1. The lowest BCUT2D eigenvalue weighted by Crippen LogP contribution is -2.09. The van der Waals surface area contributed by atoms with Crippen molar-refractivity contribution in [2.24, 2.45) is 0 Å². The topological polar surface area (TPSA) is 21.3 Å². The second kappa shape index (κ2) is 6.86. The van der Waals surface area contributed by atoms with Crippen LogP contribution in [-0.4, -0.2) is 7.11 Å². The smallest absolute Gasteiger partial charge is 0.137 e. The highest BCUT2D eigenvalue weighted by Gasteiger charge is 2.10. The molecular weight excluding hydrogens is 321 g/mol. The van der Waals surface area contributed by atoms with Crippen LogP contribution in [0.4, 0.5) is 10.1 Å². The van der Waals surface area contributed by atoms with E-state index in [4.69, 9.17) is 4.74 Å². The zero-order valence-electron chi connectivity index (χ0n) is 11.5. The predicted molar refractivity (Wildman–Crippen MR) is 83.3 cm³/mol. The van der Waals surface area contributed by atoms with Crippen LogP contribution in [0.1, 0.15) is 24.1 Å². The summed E-state index contributed by atoms with van der Waals surface area (Å²) in [6, 6.07) is 13.1. The van der Waals surface area contributed by atoms with Crippen molar-refractivity contribution in [1.29, 1.82) is 0 Å². The number of rotatable bonds is 5. The summed E-state index contributed by atoms with van der Waals surface area (Å²) in [6.45, 7) is 2.60. The molecule has 1 N–H and O–H groups in total. The van der Waals surface area contributed by atoms with Crippen molar-refractivity contribution in [3.05, 3.63) is 63.9 Å². The Balaban J connectivity index is 2.18. The summed E-state index contributed by atoms with van der Waals surface area (Å²) in [6.07, 6.45) is 0. The van der Waals surface area contributed by atoms with Gasteiger partial charge in [0.25, 0.3) is 0 Å². The maximum atomic E-state index is 13.3. The first-order chi connectivity index (χ1) is 9.61. The molecule has 0 aliphatic rings. The molecule has 2 aromatic rings. The normalized spacial score (nSPS) is 12.2. The highest BCUT2D eigenvalue weighted by Crippen LogP contribution is 2.26. The molecule has 1 unspecified atom stereocenters. The van der Waals surface area contributed by atoms with E-state index in [-0.39, 0.29) is 11.9 Å². The maximum absolute atomic E-state index is 13.3. The highest BCUT2D eigenvalue weighted by molar-refractivity contribution is 9.10. The van der Waals surface area contributed by atoms with Crippen molar-refractivity contribution >= 4 is 21.6 Å². The Bertz CT molecular complexity index is 588. The molecular formula is C16H17BrFNO. The lowest BCUT2D eigenvalue weighted by atomic mass is 10.1. The summed E-state index contributed by atoms with van der Waals surface area (Å²) in [7, 11) is 1.68.